The van der Waals surface area contributed by atoms with Crippen LogP contribution in [0, 0.1) is 17.2 Å². The molecule has 4 rings (SSSR count). The van der Waals surface area contributed by atoms with Gasteiger partial charge in [0.15, 0.2) is 5.16 Å². The van der Waals surface area contributed by atoms with Gasteiger partial charge in [-0.1, -0.05) is 18.7 Å². The third-order valence-corrected chi connectivity index (χ3v) is 7.64. The van der Waals surface area contributed by atoms with Gasteiger partial charge >= 0.3 is 5.97 Å². The summed E-state index contributed by atoms with van der Waals surface area (Å²) >= 11 is 2.71. The summed E-state index contributed by atoms with van der Waals surface area (Å²) in [4.78, 5) is 25.9. The van der Waals surface area contributed by atoms with Crippen LogP contribution < -0.4 is 5.32 Å². The van der Waals surface area contributed by atoms with Crippen LogP contribution in [0.4, 0.5) is 5.00 Å². The van der Waals surface area contributed by atoms with Gasteiger partial charge in [-0.25, -0.2) is 0 Å². The number of ether oxygens (including phenoxy) is 1. The Morgan fingerprint density at radius 2 is 2.29 bits per heavy atom. The number of carbonyl (C=O) groups is 2. The van der Waals surface area contributed by atoms with Crippen molar-refractivity contribution in [2.75, 3.05) is 17.7 Å². The summed E-state index contributed by atoms with van der Waals surface area (Å²) in [5, 5.41) is 22.0. The number of furan rings is 1. The van der Waals surface area contributed by atoms with Gasteiger partial charge in [0.1, 0.15) is 29.1 Å². The number of aromatic nitrogens is 3. The number of nitriles is 1. The van der Waals surface area contributed by atoms with Crippen molar-refractivity contribution in [3.63, 3.8) is 0 Å². The van der Waals surface area contributed by atoms with E-state index in [1.165, 1.54) is 28.0 Å². The fraction of sp³-hybridized carbons (Fsp3) is 0.435. The zero-order valence-electron chi connectivity index (χ0n) is 19.0. The highest BCUT2D eigenvalue weighted by Crippen LogP contribution is 2.39. The van der Waals surface area contributed by atoms with E-state index >= 15 is 0 Å². The molecule has 0 aliphatic heterocycles. The van der Waals surface area contributed by atoms with Crippen LogP contribution in [0.15, 0.2) is 28.0 Å². The first kappa shape index (κ1) is 24.0. The number of thioether (sulfide) groups is 1. The van der Waals surface area contributed by atoms with E-state index in [1.807, 2.05) is 6.07 Å². The highest BCUT2D eigenvalue weighted by atomic mass is 32.2. The largest absolute Gasteiger partial charge is 0.467 e. The number of anilines is 1. The third-order valence-electron chi connectivity index (χ3n) is 5.50. The number of hydrogen-bond donors (Lipinski definition) is 1. The first-order valence-corrected chi connectivity index (χ1v) is 12.9. The highest BCUT2D eigenvalue weighted by molar-refractivity contribution is 7.99. The van der Waals surface area contributed by atoms with Gasteiger partial charge in [0.2, 0.25) is 5.91 Å². The van der Waals surface area contributed by atoms with Crippen LogP contribution >= 0.6 is 23.1 Å². The molecule has 0 bridgehead atoms. The number of nitrogens with zero attached hydrogens (tertiary/aromatic N) is 4. The van der Waals surface area contributed by atoms with E-state index in [0.29, 0.717) is 39.8 Å². The molecule has 178 valence electrons. The molecule has 34 heavy (non-hydrogen) atoms. The summed E-state index contributed by atoms with van der Waals surface area (Å²) < 4.78 is 12.2. The Morgan fingerprint density at radius 3 is 3.03 bits per heavy atom. The van der Waals surface area contributed by atoms with Gasteiger partial charge in [-0.2, -0.15) is 5.26 Å². The van der Waals surface area contributed by atoms with Crippen molar-refractivity contribution in [1.82, 2.24) is 14.8 Å². The Balaban J connectivity index is 1.46. The SMILES string of the molecule is CCOC(=O)Cc1nnc(SCC(=O)Nc2sc3c(c2C#N)CC[C@H](C)C3)n1Cc1ccco1. The number of nitrogens with one attached hydrogen (secondary N) is 1. The monoisotopic (exact) mass is 499 g/mol. The highest BCUT2D eigenvalue weighted by Gasteiger charge is 2.25. The number of rotatable bonds is 9. The zero-order valence-corrected chi connectivity index (χ0v) is 20.6. The lowest BCUT2D eigenvalue weighted by Gasteiger charge is -2.17. The van der Waals surface area contributed by atoms with Gasteiger partial charge in [-0.15, -0.1) is 21.5 Å². The average Bonchev–Trinajstić information content (AvgIpc) is 3.52. The molecule has 3 aromatic rings. The summed E-state index contributed by atoms with van der Waals surface area (Å²) in [6.45, 7) is 4.56. The van der Waals surface area contributed by atoms with Gasteiger partial charge in [0.05, 0.1) is 30.7 Å². The number of esters is 1. The van der Waals surface area contributed by atoms with Crippen LogP contribution in [0.1, 0.15) is 47.9 Å². The van der Waals surface area contributed by atoms with Gasteiger partial charge in [-0.05, 0) is 49.8 Å². The van der Waals surface area contributed by atoms with E-state index in [4.69, 9.17) is 9.15 Å². The van der Waals surface area contributed by atoms with E-state index < -0.39 is 5.97 Å². The molecule has 3 heterocycles. The molecule has 3 aromatic heterocycles. The molecule has 0 unspecified atom stereocenters. The summed E-state index contributed by atoms with van der Waals surface area (Å²) in [5.74, 6) is 1.15. The molecule has 9 nitrogen and oxygen atoms in total. The van der Waals surface area contributed by atoms with Gasteiger partial charge in [-0.3, -0.25) is 14.2 Å². The molecule has 0 spiro atoms. The number of thiophene rings is 1. The first-order chi connectivity index (χ1) is 16.5. The molecule has 0 saturated carbocycles. The molecule has 0 aromatic carbocycles. The normalized spacial score (nSPS) is 14.9. The number of hydrogen-bond acceptors (Lipinski definition) is 9. The van der Waals surface area contributed by atoms with Gasteiger partial charge in [0.25, 0.3) is 0 Å². The second kappa shape index (κ2) is 10.9. The van der Waals surface area contributed by atoms with Crippen LogP contribution in [0.2, 0.25) is 0 Å². The average molecular weight is 500 g/mol. The maximum absolute atomic E-state index is 12.7. The lowest BCUT2D eigenvalue weighted by molar-refractivity contribution is -0.142. The maximum Gasteiger partial charge on any atom is 0.313 e. The molecule has 1 aliphatic rings. The number of carbonyl (C=O) groups excluding carboxylic acids is 2. The standard InChI is InChI=1S/C23H25N5O4S2/c1-3-31-21(30)10-19-26-27-23(28(19)12-15-5-4-8-32-15)33-13-20(29)25-22-17(11-24)16-7-6-14(2)9-18(16)34-22/h4-5,8,14H,3,6-7,9-10,12-13H2,1-2H3,(H,25,29)/t14-/m0/s1. The van der Waals surface area contributed by atoms with E-state index in [-0.39, 0.29) is 24.7 Å². The van der Waals surface area contributed by atoms with Crippen molar-refractivity contribution in [2.45, 2.75) is 51.2 Å². The van der Waals surface area contributed by atoms with E-state index in [9.17, 15) is 14.9 Å². The lowest BCUT2D eigenvalue weighted by atomic mass is 9.89. The molecule has 1 atom stereocenters. The molecular weight excluding hydrogens is 474 g/mol. The molecule has 11 heteroatoms. The smallest absolute Gasteiger partial charge is 0.313 e. The van der Waals surface area contributed by atoms with Crippen LogP contribution in [0.25, 0.3) is 0 Å². The number of amides is 1. The summed E-state index contributed by atoms with van der Waals surface area (Å²) in [7, 11) is 0. The van der Waals surface area contributed by atoms with Crippen molar-refractivity contribution in [2.24, 2.45) is 5.92 Å². The molecule has 0 radical (unpaired) electrons. The fourth-order valence-electron chi connectivity index (χ4n) is 3.86. The topological polar surface area (TPSA) is 123 Å². The van der Waals surface area contributed by atoms with Crippen LogP contribution in [0.3, 0.4) is 0 Å². The molecule has 0 fully saturated rings. The summed E-state index contributed by atoms with van der Waals surface area (Å²) in [6, 6.07) is 5.87. The van der Waals surface area contributed by atoms with Crippen molar-refractivity contribution in [3.05, 3.63) is 46.0 Å². The Kier molecular flexibility index (Phi) is 7.70. The minimum atomic E-state index is -0.398. The van der Waals surface area contributed by atoms with Crippen molar-refractivity contribution in [1.29, 1.82) is 5.26 Å². The number of fused-ring (bicyclic) bond motifs is 1. The second-order valence-electron chi connectivity index (χ2n) is 8.05. The third kappa shape index (κ3) is 5.51. The molecule has 1 amide bonds. The Morgan fingerprint density at radius 1 is 1.44 bits per heavy atom. The van der Waals surface area contributed by atoms with Crippen molar-refractivity contribution >= 4 is 40.0 Å². The maximum atomic E-state index is 12.7. The minimum absolute atomic E-state index is 0.0288. The van der Waals surface area contributed by atoms with Crippen LogP contribution in [0.5, 0.6) is 0 Å². The van der Waals surface area contributed by atoms with E-state index in [2.05, 4.69) is 28.5 Å². The Labute approximate surface area is 205 Å². The zero-order chi connectivity index (χ0) is 24.1. The summed E-state index contributed by atoms with van der Waals surface area (Å²) in [6.07, 6.45) is 4.41. The van der Waals surface area contributed by atoms with E-state index in [1.54, 1.807) is 23.8 Å². The van der Waals surface area contributed by atoms with Crippen molar-refractivity contribution < 1.29 is 18.7 Å². The quantitative estimate of drug-likeness (QED) is 0.348. The molecule has 1 aliphatic carbocycles. The van der Waals surface area contributed by atoms with Gasteiger partial charge < -0.3 is 14.5 Å². The Bertz CT molecular complexity index is 1210. The summed E-state index contributed by atoms with van der Waals surface area (Å²) in [5.41, 5.74) is 1.67. The van der Waals surface area contributed by atoms with Gasteiger partial charge in [0, 0.05) is 4.88 Å². The lowest BCUT2D eigenvalue weighted by Crippen LogP contribution is -2.16. The van der Waals surface area contributed by atoms with Crippen molar-refractivity contribution in [3.8, 4) is 6.07 Å². The molecule has 1 N–H and O–H groups in total. The first-order valence-electron chi connectivity index (χ1n) is 11.1. The molecular formula is C23H25N5O4S2. The second-order valence-corrected chi connectivity index (χ2v) is 10.1. The van der Waals surface area contributed by atoms with Crippen LogP contribution in [-0.2, 0) is 40.1 Å². The molecule has 0 saturated heterocycles. The minimum Gasteiger partial charge on any atom is -0.467 e. The fourth-order valence-corrected chi connectivity index (χ4v) is 6.00. The Hall–Kier alpha value is -3.10. The predicted molar refractivity (Wildman–Crippen MR) is 128 cm³/mol. The van der Waals surface area contributed by atoms with Crippen LogP contribution in [-0.4, -0.2) is 39.0 Å². The predicted octanol–water partition coefficient (Wildman–Crippen LogP) is 3.81. The van der Waals surface area contributed by atoms with E-state index in [0.717, 1.165) is 24.8 Å².